The number of rotatable bonds is 3. The number of piperidine rings is 1. The molecule has 21 heavy (non-hydrogen) atoms. The number of amides is 1. The highest BCUT2D eigenvalue weighted by Crippen LogP contribution is 2.29. The van der Waals surface area contributed by atoms with Gasteiger partial charge in [0.05, 0.1) is 0 Å². The molecule has 1 N–H and O–H groups in total. The van der Waals surface area contributed by atoms with Crippen LogP contribution in [0.5, 0.6) is 0 Å². The van der Waals surface area contributed by atoms with Gasteiger partial charge in [-0.1, -0.05) is 19.1 Å². The molecule has 1 aromatic rings. The Bertz CT molecular complexity index is 476. The topological polar surface area (TPSA) is 32.3 Å². The van der Waals surface area contributed by atoms with Crippen LogP contribution in [0.15, 0.2) is 24.3 Å². The van der Waals surface area contributed by atoms with Crippen LogP contribution in [0.25, 0.3) is 0 Å². The average molecular weight is 286 g/mol. The highest BCUT2D eigenvalue weighted by atomic mass is 16.2. The monoisotopic (exact) mass is 286 g/mol. The van der Waals surface area contributed by atoms with E-state index >= 15 is 0 Å². The molecule has 114 valence electrons. The summed E-state index contributed by atoms with van der Waals surface area (Å²) in [6.45, 7) is 5.28. The van der Waals surface area contributed by atoms with Crippen molar-refractivity contribution in [1.82, 2.24) is 10.2 Å². The SMILES string of the molecule is CCc1ccc(C(=O)N2CCCC2C2CCCNC2)cc1. The summed E-state index contributed by atoms with van der Waals surface area (Å²) in [5.74, 6) is 0.867. The van der Waals surface area contributed by atoms with Crippen molar-refractivity contribution in [2.75, 3.05) is 19.6 Å². The highest BCUT2D eigenvalue weighted by Gasteiger charge is 2.35. The fourth-order valence-electron chi connectivity index (χ4n) is 3.79. The molecule has 2 aliphatic rings. The summed E-state index contributed by atoms with van der Waals surface area (Å²) in [5, 5.41) is 3.49. The Morgan fingerprint density at radius 1 is 1.24 bits per heavy atom. The number of carbonyl (C=O) groups excluding carboxylic acids is 1. The summed E-state index contributed by atoms with van der Waals surface area (Å²) in [5.41, 5.74) is 2.14. The molecule has 3 nitrogen and oxygen atoms in total. The van der Waals surface area contributed by atoms with E-state index in [0.717, 1.165) is 38.0 Å². The molecule has 0 radical (unpaired) electrons. The Morgan fingerprint density at radius 2 is 2.05 bits per heavy atom. The van der Waals surface area contributed by atoms with Gasteiger partial charge in [0.2, 0.25) is 0 Å². The molecule has 1 aromatic carbocycles. The largest absolute Gasteiger partial charge is 0.335 e. The molecule has 2 aliphatic heterocycles. The van der Waals surface area contributed by atoms with Gasteiger partial charge >= 0.3 is 0 Å². The van der Waals surface area contributed by atoms with E-state index in [4.69, 9.17) is 0 Å². The molecule has 0 aromatic heterocycles. The van der Waals surface area contributed by atoms with Crippen molar-refractivity contribution in [1.29, 1.82) is 0 Å². The molecule has 0 saturated carbocycles. The summed E-state index contributed by atoms with van der Waals surface area (Å²) in [4.78, 5) is 14.9. The lowest BCUT2D eigenvalue weighted by Crippen LogP contribution is -2.45. The molecule has 3 rings (SSSR count). The van der Waals surface area contributed by atoms with E-state index in [-0.39, 0.29) is 5.91 Å². The quantitative estimate of drug-likeness (QED) is 0.926. The van der Waals surface area contributed by atoms with Crippen molar-refractivity contribution in [3.63, 3.8) is 0 Å². The Morgan fingerprint density at radius 3 is 2.71 bits per heavy atom. The van der Waals surface area contributed by atoms with Crippen molar-refractivity contribution < 1.29 is 4.79 Å². The summed E-state index contributed by atoms with van der Waals surface area (Å²) < 4.78 is 0. The van der Waals surface area contributed by atoms with Gasteiger partial charge in [-0.15, -0.1) is 0 Å². The number of aryl methyl sites for hydroxylation is 1. The van der Waals surface area contributed by atoms with Gasteiger partial charge in [0.25, 0.3) is 5.91 Å². The first-order valence-electron chi connectivity index (χ1n) is 8.40. The third kappa shape index (κ3) is 3.13. The van der Waals surface area contributed by atoms with Crippen LogP contribution in [-0.4, -0.2) is 36.5 Å². The minimum atomic E-state index is 0.228. The lowest BCUT2D eigenvalue weighted by Gasteiger charge is -2.34. The summed E-state index contributed by atoms with van der Waals surface area (Å²) in [6, 6.07) is 8.60. The van der Waals surface area contributed by atoms with Crippen LogP contribution < -0.4 is 5.32 Å². The molecular formula is C18H26N2O. The molecule has 2 fully saturated rings. The first-order chi connectivity index (χ1) is 10.3. The van der Waals surface area contributed by atoms with Crippen LogP contribution >= 0.6 is 0 Å². The van der Waals surface area contributed by atoms with Gasteiger partial charge in [-0.3, -0.25) is 4.79 Å². The van der Waals surface area contributed by atoms with Gasteiger partial charge in [0, 0.05) is 18.2 Å². The predicted octanol–water partition coefficient (Wildman–Crippen LogP) is 2.85. The maximum atomic E-state index is 12.8. The Labute approximate surface area is 127 Å². The Kier molecular flexibility index (Phi) is 4.59. The molecule has 0 aliphatic carbocycles. The van der Waals surface area contributed by atoms with Gasteiger partial charge in [-0.25, -0.2) is 0 Å². The first-order valence-corrected chi connectivity index (χ1v) is 8.40. The average Bonchev–Trinajstić information content (AvgIpc) is 3.04. The summed E-state index contributed by atoms with van der Waals surface area (Å²) in [7, 11) is 0. The third-order valence-corrected chi connectivity index (χ3v) is 5.05. The smallest absolute Gasteiger partial charge is 0.254 e. The van der Waals surface area contributed by atoms with Crippen molar-refractivity contribution >= 4 is 5.91 Å². The lowest BCUT2D eigenvalue weighted by molar-refractivity contribution is 0.0670. The van der Waals surface area contributed by atoms with Gasteiger partial charge in [-0.2, -0.15) is 0 Å². The minimum Gasteiger partial charge on any atom is -0.335 e. The van der Waals surface area contributed by atoms with E-state index in [1.807, 2.05) is 12.1 Å². The normalized spacial score (nSPS) is 26.0. The van der Waals surface area contributed by atoms with Gasteiger partial charge in [0.15, 0.2) is 0 Å². The van der Waals surface area contributed by atoms with Crippen LogP contribution in [0.1, 0.15) is 48.5 Å². The second-order valence-electron chi connectivity index (χ2n) is 6.37. The van der Waals surface area contributed by atoms with Gasteiger partial charge in [0.1, 0.15) is 0 Å². The number of carbonyl (C=O) groups is 1. The number of nitrogens with zero attached hydrogens (tertiary/aromatic N) is 1. The van der Waals surface area contributed by atoms with Crippen LogP contribution in [0.2, 0.25) is 0 Å². The van der Waals surface area contributed by atoms with Gasteiger partial charge in [-0.05, 0) is 68.8 Å². The van der Waals surface area contributed by atoms with E-state index in [9.17, 15) is 4.79 Å². The van der Waals surface area contributed by atoms with E-state index < -0.39 is 0 Å². The van der Waals surface area contributed by atoms with E-state index in [0.29, 0.717) is 12.0 Å². The zero-order valence-electron chi connectivity index (χ0n) is 13.0. The molecule has 0 bridgehead atoms. The number of nitrogens with one attached hydrogen (secondary N) is 1. The van der Waals surface area contributed by atoms with Crippen molar-refractivity contribution in [3.05, 3.63) is 35.4 Å². The summed E-state index contributed by atoms with van der Waals surface area (Å²) in [6.07, 6.45) is 5.85. The maximum Gasteiger partial charge on any atom is 0.254 e. The molecule has 2 atom stereocenters. The number of hydrogen-bond acceptors (Lipinski definition) is 2. The molecule has 2 saturated heterocycles. The van der Waals surface area contributed by atoms with Crippen molar-refractivity contribution in [2.45, 2.75) is 45.1 Å². The Balaban J connectivity index is 1.72. The number of benzene rings is 1. The van der Waals surface area contributed by atoms with Crippen molar-refractivity contribution in [2.24, 2.45) is 5.92 Å². The van der Waals surface area contributed by atoms with Crippen LogP contribution in [0.3, 0.4) is 0 Å². The Hall–Kier alpha value is -1.35. The summed E-state index contributed by atoms with van der Waals surface area (Å²) >= 11 is 0. The molecule has 1 amide bonds. The molecule has 2 unspecified atom stereocenters. The maximum absolute atomic E-state index is 12.8. The first kappa shape index (κ1) is 14.6. The van der Waals surface area contributed by atoms with Gasteiger partial charge < -0.3 is 10.2 Å². The van der Waals surface area contributed by atoms with Crippen LogP contribution in [0.4, 0.5) is 0 Å². The minimum absolute atomic E-state index is 0.228. The van der Waals surface area contributed by atoms with Crippen molar-refractivity contribution in [3.8, 4) is 0 Å². The fraction of sp³-hybridized carbons (Fsp3) is 0.611. The standard InChI is InChI=1S/C18H26N2O/c1-2-14-7-9-15(10-8-14)18(21)20-12-4-6-17(20)16-5-3-11-19-13-16/h7-10,16-17,19H,2-6,11-13H2,1H3. The van der Waals surface area contributed by atoms with E-state index in [2.05, 4.69) is 29.3 Å². The van der Waals surface area contributed by atoms with Crippen LogP contribution in [0, 0.1) is 5.92 Å². The van der Waals surface area contributed by atoms with Crippen LogP contribution in [-0.2, 0) is 6.42 Å². The zero-order chi connectivity index (χ0) is 14.7. The molecule has 2 heterocycles. The highest BCUT2D eigenvalue weighted by molar-refractivity contribution is 5.94. The number of likely N-dealkylation sites (tertiary alicyclic amines) is 1. The zero-order valence-corrected chi connectivity index (χ0v) is 13.0. The second-order valence-corrected chi connectivity index (χ2v) is 6.37. The number of hydrogen-bond donors (Lipinski definition) is 1. The molecular weight excluding hydrogens is 260 g/mol. The van der Waals surface area contributed by atoms with E-state index in [1.54, 1.807) is 0 Å². The fourth-order valence-corrected chi connectivity index (χ4v) is 3.79. The van der Waals surface area contributed by atoms with E-state index in [1.165, 1.54) is 24.8 Å². The predicted molar refractivity (Wildman–Crippen MR) is 85.5 cm³/mol. The lowest BCUT2D eigenvalue weighted by atomic mass is 9.90. The molecule has 3 heteroatoms. The third-order valence-electron chi connectivity index (χ3n) is 5.05. The molecule has 0 spiro atoms. The second kappa shape index (κ2) is 6.61.